The number of ether oxygens (including phenoxy) is 1. The average Bonchev–Trinajstić information content (AvgIpc) is 3.37. The molecule has 0 unspecified atom stereocenters. The molecule has 1 aliphatic heterocycles. The molecule has 0 aromatic heterocycles. The zero-order chi connectivity index (χ0) is 23.5. The Labute approximate surface area is 191 Å². The van der Waals surface area contributed by atoms with Gasteiger partial charge in [-0.1, -0.05) is 17.7 Å². The van der Waals surface area contributed by atoms with Gasteiger partial charge < -0.3 is 15.4 Å². The second-order valence-corrected chi connectivity index (χ2v) is 9.05. The van der Waals surface area contributed by atoms with E-state index in [9.17, 15) is 27.6 Å². The molecule has 3 fully saturated rings. The summed E-state index contributed by atoms with van der Waals surface area (Å²) < 4.78 is 44.3. The number of nitrogens with one attached hydrogen (secondary N) is 2. The summed E-state index contributed by atoms with van der Waals surface area (Å²) in [5.74, 6) is -2.03. The van der Waals surface area contributed by atoms with Crippen LogP contribution in [0.25, 0.3) is 0 Å². The first-order chi connectivity index (χ1) is 15.6. The van der Waals surface area contributed by atoms with Gasteiger partial charge in [0.15, 0.2) is 0 Å². The summed E-state index contributed by atoms with van der Waals surface area (Å²) >= 11 is 5.95. The number of amides is 2. The first-order valence-corrected chi connectivity index (χ1v) is 10.8. The number of carbonyl (C=O) groups excluding carboxylic acids is 3. The fourth-order valence-corrected chi connectivity index (χ4v) is 5.48. The standard InChI is InChI=1S/C23H18ClF3N2O4/c24-15-5-4-12(23(25,26)27)9-16(15)29-20(30)10-2-1-3-13(6-10)28-21(31)18-11-7-14-17(8-11)33-22(32)19(14)18/h1-6,9,11,14,17-19H,7-8H2,(H,28,31)(H,29,30)/t11-,14+,17-,18+,19+/m0/s1. The fourth-order valence-electron chi connectivity index (χ4n) is 5.32. The highest BCUT2D eigenvalue weighted by Gasteiger charge is 2.63. The molecule has 172 valence electrons. The zero-order valence-electron chi connectivity index (χ0n) is 17.0. The monoisotopic (exact) mass is 478 g/mol. The molecule has 2 bridgehead atoms. The lowest BCUT2D eigenvalue weighted by Crippen LogP contribution is -2.35. The lowest BCUT2D eigenvalue weighted by Gasteiger charge is -2.23. The van der Waals surface area contributed by atoms with Crippen molar-refractivity contribution in [3.8, 4) is 0 Å². The lowest BCUT2D eigenvalue weighted by molar-refractivity contribution is -0.145. The number of halogens is 4. The van der Waals surface area contributed by atoms with Gasteiger partial charge in [-0.3, -0.25) is 14.4 Å². The maximum absolute atomic E-state index is 13.0. The summed E-state index contributed by atoms with van der Waals surface area (Å²) in [6, 6.07) is 8.65. The van der Waals surface area contributed by atoms with Crippen LogP contribution in [-0.4, -0.2) is 23.9 Å². The predicted octanol–water partition coefficient (Wildman–Crippen LogP) is 4.75. The molecule has 6 nitrogen and oxygen atoms in total. The Balaban J connectivity index is 1.30. The number of anilines is 2. The smallest absolute Gasteiger partial charge is 0.416 e. The van der Waals surface area contributed by atoms with Crippen LogP contribution >= 0.6 is 11.6 Å². The molecular formula is C23H18ClF3N2O4. The Kier molecular flexibility index (Phi) is 5.12. The molecule has 1 saturated heterocycles. The molecule has 0 radical (unpaired) electrons. The average molecular weight is 479 g/mol. The van der Waals surface area contributed by atoms with E-state index in [1.165, 1.54) is 12.1 Å². The first-order valence-electron chi connectivity index (χ1n) is 10.4. The van der Waals surface area contributed by atoms with Crippen molar-refractivity contribution in [3.63, 3.8) is 0 Å². The molecule has 2 aromatic rings. The Morgan fingerprint density at radius 3 is 2.61 bits per heavy atom. The Bertz CT molecular complexity index is 1170. The van der Waals surface area contributed by atoms with Crippen LogP contribution in [0.5, 0.6) is 0 Å². The van der Waals surface area contributed by atoms with Gasteiger partial charge in [-0.2, -0.15) is 13.2 Å². The molecule has 2 aliphatic carbocycles. The highest BCUT2D eigenvalue weighted by molar-refractivity contribution is 6.34. The minimum atomic E-state index is -4.58. The summed E-state index contributed by atoms with van der Waals surface area (Å²) in [5.41, 5.74) is -0.660. The molecule has 10 heteroatoms. The van der Waals surface area contributed by atoms with Crippen LogP contribution in [0.15, 0.2) is 42.5 Å². The summed E-state index contributed by atoms with van der Waals surface area (Å²) in [6.45, 7) is 0. The second-order valence-electron chi connectivity index (χ2n) is 8.64. The Hall–Kier alpha value is -3.07. The van der Waals surface area contributed by atoms with E-state index < -0.39 is 29.5 Å². The molecule has 0 spiro atoms. The van der Waals surface area contributed by atoms with E-state index in [-0.39, 0.29) is 46.1 Å². The van der Waals surface area contributed by atoms with E-state index in [0.29, 0.717) is 12.1 Å². The highest BCUT2D eigenvalue weighted by atomic mass is 35.5. The molecule has 1 heterocycles. The van der Waals surface area contributed by atoms with Crippen LogP contribution in [0, 0.1) is 23.7 Å². The minimum Gasteiger partial charge on any atom is -0.462 e. The summed E-state index contributed by atoms with van der Waals surface area (Å²) in [7, 11) is 0. The number of esters is 1. The van der Waals surface area contributed by atoms with Gasteiger partial charge in [0.2, 0.25) is 5.91 Å². The van der Waals surface area contributed by atoms with Crippen LogP contribution in [0.3, 0.4) is 0 Å². The van der Waals surface area contributed by atoms with E-state index in [1.54, 1.807) is 12.1 Å². The van der Waals surface area contributed by atoms with Crippen molar-refractivity contribution < 1.29 is 32.3 Å². The molecule has 5 atom stereocenters. The SMILES string of the molecule is O=C(Nc1cc(C(F)(F)F)ccc1Cl)c1cccc(NC(=O)[C@@H]2[C@H]3C[C@H]4[C@H]2C(=O)O[C@H]4C3)c1. The molecule has 33 heavy (non-hydrogen) atoms. The molecule has 2 N–H and O–H groups in total. The highest BCUT2D eigenvalue weighted by Crippen LogP contribution is 2.57. The van der Waals surface area contributed by atoms with Gasteiger partial charge in [-0.05, 0) is 55.2 Å². The third-order valence-corrected chi connectivity index (χ3v) is 7.05. The quantitative estimate of drug-likeness (QED) is 0.621. The van der Waals surface area contributed by atoms with E-state index >= 15 is 0 Å². The van der Waals surface area contributed by atoms with Crippen LogP contribution in [0.2, 0.25) is 5.02 Å². The number of hydrogen-bond donors (Lipinski definition) is 2. The largest absolute Gasteiger partial charge is 0.462 e. The fraction of sp³-hybridized carbons (Fsp3) is 0.348. The van der Waals surface area contributed by atoms with Crippen molar-refractivity contribution in [3.05, 3.63) is 58.6 Å². The number of carbonyl (C=O) groups is 3. The van der Waals surface area contributed by atoms with Gasteiger partial charge >= 0.3 is 12.1 Å². The molecule has 5 rings (SSSR count). The number of benzene rings is 2. The molecular weight excluding hydrogens is 461 g/mol. The van der Waals surface area contributed by atoms with Crippen LogP contribution < -0.4 is 10.6 Å². The number of alkyl halides is 3. The number of hydrogen-bond acceptors (Lipinski definition) is 4. The normalized spacial score (nSPS) is 27.4. The van der Waals surface area contributed by atoms with Gasteiger partial charge in [0, 0.05) is 17.2 Å². The molecule has 2 amide bonds. The van der Waals surface area contributed by atoms with Crippen molar-refractivity contribution in [1.82, 2.24) is 0 Å². The lowest BCUT2D eigenvalue weighted by atomic mass is 9.79. The maximum atomic E-state index is 13.0. The van der Waals surface area contributed by atoms with Crippen molar-refractivity contribution in [1.29, 1.82) is 0 Å². The Morgan fingerprint density at radius 1 is 1.06 bits per heavy atom. The third-order valence-electron chi connectivity index (χ3n) is 6.72. The van der Waals surface area contributed by atoms with Gasteiger partial charge in [0.25, 0.3) is 5.91 Å². The first kappa shape index (κ1) is 21.8. The predicted molar refractivity (Wildman–Crippen MR) is 113 cm³/mol. The van der Waals surface area contributed by atoms with Gasteiger partial charge in [-0.25, -0.2) is 0 Å². The van der Waals surface area contributed by atoms with Crippen LogP contribution in [-0.2, 0) is 20.5 Å². The van der Waals surface area contributed by atoms with Crippen LogP contribution in [0.1, 0.15) is 28.8 Å². The summed E-state index contributed by atoms with van der Waals surface area (Å²) in [5, 5.41) is 5.11. The third kappa shape index (κ3) is 3.84. The molecule has 2 saturated carbocycles. The van der Waals surface area contributed by atoms with Crippen molar-refractivity contribution in [2.75, 3.05) is 10.6 Å². The van der Waals surface area contributed by atoms with E-state index in [1.807, 2.05) is 0 Å². The van der Waals surface area contributed by atoms with Crippen molar-refractivity contribution in [2.24, 2.45) is 23.7 Å². The van der Waals surface area contributed by atoms with Crippen molar-refractivity contribution in [2.45, 2.75) is 25.1 Å². The number of rotatable bonds is 4. The van der Waals surface area contributed by atoms with Crippen LogP contribution in [0.4, 0.5) is 24.5 Å². The Morgan fingerprint density at radius 2 is 1.85 bits per heavy atom. The minimum absolute atomic E-state index is 0.0427. The zero-order valence-corrected chi connectivity index (χ0v) is 17.7. The molecule has 3 aliphatic rings. The van der Waals surface area contributed by atoms with E-state index in [4.69, 9.17) is 16.3 Å². The van der Waals surface area contributed by atoms with E-state index in [2.05, 4.69) is 10.6 Å². The maximum Gasteiger partial charge on any atom is 0.416 e. The number of fused-ring (bicyclic) bond motifs is 1. The second kappa shape index (κ2) is 7.76. The van der Waals surface area contributed by atoms with Gasteiger partial charge in [0.1, 0.15) is 6.10 Å². The van der Waals surface area contributed by atoms with Gasteiger partial charge in [0.05, 0.1) is 28.1 Å². The van der Waals surface area contributed by atoms with Crippen molar-refractivity contribution >= 4 is 40.8 Å². The van der Waals surface area contributed by atoms with E-state index in [0.717, 1.165) is 24.6 Å². The topological polar surface area (TPSA) is 84.5 Å². The summed E-state index contributed by atoms with van der Waals surface area (Å²) in [4.78, 5) is 37.7. The summed E-state index contributed by atoms with van der Waals surface area (Å²) in [6.07, 6.45) is -3.18. The van der Waals surface area contributed by atoms with Gasteiger partial charge in [-0.15, -0.1) is 0 Å². The molecule has 2 aromatic carbocycles.